The van der Waals surface area contributed by atoms with Crippen molar-refractivity contribution in [3.05, 3.63) is 53.7 Å². The highest BCUT2D eigenvalue weighted by molar-refractivity contribution is 5.13. The zero-order valence-electron chi connectivity index (χ0n) is 11.9. The first-order valence-corrected chi connectivity index (χ1v) is 7.18. The number of rotatable bonds is 7. The van der Waals surface area contributed by atoms with Crippen LogP contribution in [-0.4, -0.2) is 23.0 Å². The summed E-state index contributed by atoms with van der Waals surface area (Å²) in [5, 5.41) is 3.50. The Kier molecular flexibility index (Phi) is 4.14. The summed E-state index contributed by atoms with van der Waals surface area (Å²) in [6, 6.07) is 8.88. The van der Waals surface area contributed by atoms with Gasteiger partial charge in [0.15, 0.2) is 0 Å². The van der Waals surface area contributed by atoms with Crippen LogP contribution in [0.1, 0.15) is 29.9 Å². The van der Waals surface area contributed by atoms with E-state index < -0.39 is 0 Å². The Hall–Kier alpha value is -1.65. The number of hydrogen-bond donors (Lipinski definition) is 1. The Balaban J connectivity index is 1.49. The molecule has 2 aromatic heterocycles. The molecule has 106 valence electrons. The molecule has 4 heteroatoms. The molecule has 2 aromatic rings. The third kappa shape index (κ3) is 3.92. The van der Waals surface area contributed by atoms with E-state index in [-0.39, 0.29) is 0 Å². The average Bonchev–Trinajstić information content (AvgIpc) is 3.18. The van der Waals surface area contributed by atoms with Crippen LogP contribution in [0.4, 0.5) is 0 Å². The maximum atomic E-state index is 5.62. The number of furan rings is 1. The molecule has 0 amide bonds. The zero-order valence-corrected chi connectivity index (χ0v) is 11.9. The van der Waals surface area contributed by atoms with E-state index in [1.807, 2.05) is 30.7 Å². The summed E-state index contributed by atoms with van der Waals surface area (Å²) in [5.74, 6) is 1.01. The molecular formula is C16H21N3O. The van der Waals surface area contributed by atoms with Crippen LogP contribution in [0, 0.1) is 0 Å². The number of nitrogens with zero attached hydrogens (tertiary/aromatic N) is 2. The van der Waals surface area contributed by atoms with E-state index in [0.717, 1.165) is 37.1 Å². The maximum Gasteiger partial charge on any atom is 0.118 e. The predicted octanol–water partition coefficient (Wildman–Crippen LogP) is 2.56. The highest BCUT2D eigenvalue weighted by atomic mass is 16.3. The van der Waals surface area contributed by atoms with Crippen LogP contribution in [0.5, 0.6) is 0 Å². The number of nitrogens with one attached hydrogen (secondary N) is 1. The van der Waals surface area contributed by atoms with Crippen molar-refractivity contribution in [2.45, 2.75) is 38.5 Å². The highest BCUT2D eigenvalue weighted by Crippen LogP contribution is 2.20. The Morgan fingerprint density at radius 3 is 3.00 bits per heavy atom. The van der Waals surface area contributed by atoms with Crippen molar-refractivity contribution >= 4 is 0 Å². The summed E-state index contributed by atoms with van der Waals surface area (Å²) in [5.41, 5.74) is 2.32. The smallest absolute Gasteiger partial charge is 0.118 e. The number of hydrogen-bond acceptors (Lipinski definition) is 4. The zero-order chi connectivity index (χ0) is 13.8. The minimum atomic E-state index is 0.736. The molecule has 1 aliphatic carbocycles. The monoisotopic (exact) mass is 271 g/mol. The fraction of sp³-hybridized carbons (Fsp3) is 0.438. The summed E-state index contributed by atoms with van der Waals surface area (Å²) in [6.45, 7) is 2.55. The lowest BCUT2D eigenvalue weighted by atomic mass is 10.3. The standard InChI is InChI=1S/C16H21N3O/c1-19(10-15-4-2-3-7-17-15)11-16-8-13(12-20-16)9-18-14-5-6-14/h2-4,7-8,12,14,18H,5-6,9-11H2,1H3. The van der Waals surface area contributed by atoms with E-state index in [0.29, 0.717) is 0 Å². The Morgan fingerprint density at radius 2 is 2.25 bits per heavy atom. The van der Waals surface area contributed by atoms with Gasteiger partial charge in [-0.2, -0.15) is 0 Å². The van der Waals surface area contributed by atoms with Gasteiger partial charge in [0, 0.05) is 30.9 Å². The first kappa shape index (κ1) is 13.3. The maximum absolute atomic E-state index is 5.62. The topological polar surface area (TPSA) is 41.3 Å². The van der Waals surface area contributed by atoms with E-state index in [4.69, 9.17) is 4.42 Å². The van der Waals surface area contributed by atoms with Crippen molar-refractivity contribution in [1.82, 2.24) is 15.2 Å². The first-order valence-electron chi connectivity index (χ1n) is 7.18. The van der Waals surface area contributed by atoms with Gasteiger partial charge >= 0.3 is 0 Å². The minimum absolute atomic E-state index is 0.736. The van der Waals surface area contributed by atoms with E-state index in [1.54, 1.807) is 0 Å². The normalized spacial score (nSPS) is 14.9. The highest BCUT2D eigenvalue weighted by Gasteiger charge is 2.20. The molecule has 1 fully saturated rings. The molecule has 1 aliphatic rings. The van der Waals surface area contributed by atoms with Gasteiger partial charge in [-0.05, 0) is 38.1 Å². The van der Waals surface area contributed by atoms with Gasteiger partial charge in [-0.1, -0.05) is 6.07 Å². The molecule has 0 bridgehead atoms. The summed E-state index contributed by atoms with van der Waals surface area (Å²) in [4.78, 5) is 6.55. The molecular weight excluding hydrogens is 250 g/mol. The summed E-state index contributed by atoms with van der Waals surface area (Å²) < 4.78 is 5.62. The van der Waals surface area contributed by atoms with E-state index in [9.17, 15) is 0 Å². The van der Waals surface area contributed by atoms with Crippen LogP contribution < -0.4 is 5.32 Å². The quantitative estimate of drug-likeness (QED) is 0.840. The fourth-order valence-corrected chi connectivity index (χ4v) is 2.24. The minimum Gasteiger partial charge on any atom is -0.468 e. The number of pyridine rings is 1. The molecule has 4 nitrogen and oxygen atoms in total. The van der Waals surface area contributed by atoms with Crippen LogP contribution >= 0.6 is 0 Å². The van der Waals surface area contributed by atoms with Gasteiger partial charge in [-0.3, -0.25) is 9.88 Å². The molecule has 0 atom stereocenters. The van der Waals surface area contributed by atoms with Crippen LogP contribution in [0.25, 0.3) is 0 Å². The largest absolute Gasteiger partial charge is 0.468 e. The Bertz CT molecular complexity index is 534. The molecule has 0 aliphatic heterocycles. The molecule has 0 aromatic carbocycles. The summed E-state index contributed by atoms with van der Waals surface area (Å²) in [7, 11) is 2.08. The van der Waals surface area contributed by atoms with Crippen LogP contribution in [0.3, 0.4) is 0 Å². The van der Waals surface area contributed by atoms with Crippen molar-refractivity contribution < 1.29 is 4.42 Å². The number of aromatic nitrogens is 1. The van der Waals surface area contributed by atoms with Gasteiger partial charge in [-0.15, -0.1) is 0 Å². The lowest BCUT2D eigenvalue weighted by Crippen LogP contribution is -2.17. The molecule has 2 heterocycles. The van der Waals surface area contributed by atoms with E-state index >= 15 is 0 Å². The van der Waals surface area contributed by atoms with Gasteiger partial charge in [0.2, 0.25) is 0 Å². The van der Waals surface area contributed by atoms with Crippen molar-refractivity contribution in [1.29, 1.82) is 0 Å². The average molecular weight is 271 g/mol. The van der Waals surface area contributed by atoms with Gasteiger partial charge in [0.1, 0.15) is 5.76 Å². The summed E-state index contributed by atoms with van der Waals surface area (Å²) in [6.07, 6.45) is 6.33. The second-order valence-corrected chi connectivity index (χ2v) is 5.57. The molecule has 1 saturated carbocycles. The van der Waals surface area contributed by atoms with E-state index in [2.05, 4.69) is 28.3 Å². The van der Waals surface area contributed by atoms with Crippen molar-refractivity contribution in [3.8, 4) is 0 Å². The van der Waals surface area contributed by atoms with E-state index in [1.165, 1.54) is 18.4 Å². The van der Waals surface area contributed by atoms with Crippen LogP contribution in [0.15, 0.2) is 41.1 Å². The van der Waals surface area contributed by atoms with Gasteiger partial charge in [-0.25, -0.2) is 0 Å². The van der Waals surface area contributed by atoms with Crippen molar-refractivity contribution in [2.24, 2.45) is 0 Å². The molecule has 3 rings (SSSR count). The molecule has 0 unspecified atom stereocenters. The second-order valence-electron chi connectivity index (χ2n) is 5.57. The Labute approximate surface area is 119 Å². The molecule has 1 N–H and O–H groups in total. The van der Waals surface area contributed by atoms with Crippen LogP contribution in [-0.2, 0) is 19.6 Å². The predicted molar refractivity (Wildman–Crippen MR) is 78.0 cm³/mol. The molecule has 0 radical (unpaired) electrons. The third-order valence-electron chi connectivity index (χ3n) is 3.46. The summed E-state index contributed by atoms with van der Waals surface area (Å²) >= 11 is 0. The first-order chi connectivity index (χ1) is 9.79. The molecule has 0 saturated heterocycles. The van der Waals surface area contributed by atoms with Crippen molar-refractivity contribution in [2.75, 3.05) is 7.05 Å². The lowest BCUT2D eigenvalue weighted by Gasteiger charge is -2.14. The molecule has 20 heavy (non-hydrogen) atoms. The lowest BCUT2D eigenvalue weighted by molar-refractivity contribution is 0.285. The van der Waals surface area contributed by atoms with Crippen molar-refractivity contribution in [3.63, 3.8) is 0 Å². The van der Waals surface area contributed by atoms with Crippen LogP contribution in [0.2, 0.25) is 0 Å². The van der Waals surface area contributed by atoms with Gasteiger partial charge in [0.25, 0.3) is 0 Å². The third-order valence-corrected chi connectivity index (χ3v) is 3.46. The SMILES string of the molecule is CN(Cc1ccccn1)Cc1cc(CNC2CC2)co1. The van der Waals surface area contributed by atoms with Gasteiger partial charge in [0.05, 0.1) is 18.5 Å². The van der Waals surface area contributed by atoms with Gasteiger partial charge < -0.3 is 9.73 Å². The fourth-order valence-electron chi connectivity index (χ4n) is 2.24. The molecule has 0 spiro atoms. The Morgan fingerprint density at radius 1 is 1.35 bits per heavy atom. The second kappa shape index (κ2) is 6.20.